The number of rotatable bonds is 6. The molecule has 0 radical (unpaired) electrons. The van der Waals surface area contributed by atoms with Crippen LogP contribution >= 0.6 is 0 Å². The highest BCUT2D eigenvalue weighted by Crippen LogP contribution is 2.38. The van der Waals surface area contributed by atoms with E-state index in [-0.39, 0.29) is 30.0 Å². The Morgan fingerprint density at radius 3 is 2.17 bits per heavy atom. The lowest BCUT2D eigenvalue weighted by atomic mass is 9.83. The van der Waals surface area contributed by atoms with Gasteiger partial charge in [-0.25, -0.2) is 18.7 Å². The Kier molecular flexibility index (Phi) is 6.29. The molecule has 1 N–H and O–H groups in total. The first-order valence-electron chi connectivity index (χ1n) is 9.58. The first-order valence-corrected chi connectivity index (χ1v) is 9.58. The predicted octanol–water partition coefficient (Wildman–Crippen LogP) is 2.77. The van der Waals surface area contributed by atoms with E-state index < -0.39 is 23.7 Å². The molecule has 0 spiro atoms. The van der Waals surface area contributed by atoms with Crippen LogP contribution in [-0.4, -0.2) is 40.1 Å². The Morgan fingerprint density at radius 2 is 1.63 bits per heavy atom. The van der Waals surface area contributed by atoms with Gasteiger partial charge in [0.2, 0.25) is 0 Å². The van der Waals surface area contributed by atoms with Crippen LogP contribution in [0.5, 0.6) is 0 Å². The van der Waals surface area contributed by atoms with E-state index in [1.807, 2.05) is 0 Å². The number of ether oxygens (including phenoxy) is 2. The fraction of sp³-hybridized carbons (Fsp3) is 0.333. The molecule has 1 aromatic carbocycles. The fourth-order valence-electron chi connectivity index (χ4n) is 3.41. The van der Waals surface area contributed by atoms with Crippen LogP contribution < -0.4 is 5.32 Å². The van der Waals surface area contributed by atoms with E-state index in [1.54, 1.807) is 45.9 Å². The maximum atomic E-state index is 14.2. The van der Waals surface area contributed by atoms with Crippen molar-refractivity contribution in [2.75, 3.05) is 13.2 Å². The smallest absolute Gasteiger partial charge is 0.336 e. The molecule has 2 heterocycles. The van der Waals surface area contributed by atoms with Crippen molar-refractivity contribution in [3.8, 4) is 5.69 Å². The van der Waals surface area contributed by atoms with Crippen molar-refractivity contribution in [1.82, 2.24) is 20.3 Å². The summed E-state index contributed by atoms with van der Waals surface area (Å²) in [7, 11) is 0. The molecular weight excluding hydrogens is 391 g/mol. The van der Waals surface area contributed by atoms with E-state index >= 15 is 0 Å². The largest absolute Gasteiger partial charge is 0.463 e. The normalized spacial score (nSPS) is 14.6. The van der Waals surface area contributed by atoms with Gasteiger partial charge in [-0.3, -0.25) is 0 Å². The van der Waals surface area contributed by atoms with Crippen LogP contribution in [0.25, 0.3) is 5.69 Å². The number of esters is 2. The number of para-hydroxylation sites is 1. The third-order valence-corrected chi connectivity index (χ3v) is 4.66. The van der Waals surface area contributed by atoms with Crippen LogP contribution in [0.3, 0.4) is 0 Å². The van der Waals surface area contributed by atoms with E-state index in [2.05, 4.69) is 15.6 Å². The number of nitrogens with zero attached hydrogens (tertiary/aromatic N) is 3. The minimum atomic E-state index is -0.870. The first-order chi connectivity index (χ1) is 14.4. The summed E-state index contributed by atoms with van der Waals surface area (Å²) in [5.41, 5.74) is 2.01. The fourth-order valence-corrected chi connectivity index (χ4v) is 3.41. The number of nitrogens with one attached hydrogen (secondary N) is 1. The summed E-state index contributed by atoms with van der Waals surface area (Å²) in [6.07, 6.45) is 1.49. The van der Waals surface area contributed by atoms with E-state index in [0.717, 1.165) is 0 Å². The molecule has 1 aromatic heterocycles. The Hall–Kier alpha value is -3.49. The van der Waals surface area contributed by atoms with Crippen molar-refractivity contribution in [3.05, 3.63) is 64.5 Å². The minimum absolute atomic E-state index is 0.168. The second-order valence-corrected chi connectivity index (χ2v) is 6.62. The summed E-state index contributed by atoms with van der Waals surface area (Å²) < 4.78 is 25.9. The van der Waals surface area contributed by atoms with Crippen molar-refractivity contribution in [1.29, 1.82) is 0 Å². The summed E-state index contributed by atoms with van der Waals surface area (Å²) >= 11 is 0. The molecule has 3 rings (SSSR count). The average Bonchev–Trinajstić information content (AvgIpc) is 3.17. The third-order valence-electron chi connectivity index (χ3n) is 4.66. The van der Waals surface area contributed by atoms with Gasteiger partial charge >= 0.3 is 11.9 Å². The zero-order chi connectivity index (χ0) is 21.8. The van der Waals surface area contributed by atoms with E-state index in [9.17, 15) is 14.0 Å². The van der Waals surface area contributed by atoms with Crippen molar-refractivity contribution in [3.63, 3.8) is 0 Å². The summed E-state index contributed by atoms with van der Waals surface area (Å²) in [5, 5.41) is 11.2. The van der Waals surface area contributed by atoms with Gasteiger partial charge in [-0.05, 0) is 39.8 Å². The van der Waals surface area contributed by atoms with Crippen LogP contribution in [0.15, 0.2) is 53.0 Å². The number of hydrogen-bond donors (Lipinski definition) is 1. The Bertz CT molecular complexity index is 1000. The number of halogens is 1. The second kappa shape index (κ2) is 8.89. The molecule has 0 atom stereocenters. The van der Waals surface area contributed by atoms with E-state index in [0.29, 0.717) is 17.1 Å². The van der Waals surface area contributed by atoms with Crippen molar-refractivity contribution in [2.45, 2.75) is 33.6 Å². The van der Waals surface area contributed by atoms with E-state index in [1.165, 1.54) is 16.9 Å². The van der Waals surface area contributed by atoms with Crippen molar-refractivity contribution < 1.29 is 23.5 Å². The van der Waals surface area contributed by atoms with E-state index in [4.69, 9.17) is 9.47 Å². The standard InChI is InChI=1S/C21H23FN4O4/c1-5-29-20(27)17-12(3)23-13(4)18(21(28)30-6-2)19(17)15-11-26(25-24-15)16-10-8-7-9-14(16)22/h7-11,19,23H,5-6H2,1-4H3. The first kappa shape index (κ1) is 21.2. The number of carbonyl (C=O) groups is 2. The Balaban J connectivity index is 2.14. The zero-order valence-electron chi connectivity index (χ0n) is 17.2. The lowest BCUT2D eigenvalue weighted by Gasteiger charge is -2.28. The number of allylic oxidation sites excluding steroid dienone is 2. The van der Waals surface area contributed by atoms with Gasteiger partial charge in [0, 0.05) is 11.4 Å². The average molecular weight is 414 g/mol. The van der Waals surface area contributed by atoms with Gasteiger partial charge in [0.05, 0.1) is 42.2 Å². The number of benzene rings is 1. The zero-order valence-corrected chi connectivity index (χ0v) is 17.2. The third kappa shape index (κ3) is 3.96. The molecule has 0 fully saturated rings. The molecule has 8 nitrogen and oxygen atoms in total. The maximum absolute atomic E-state index is 14.2. The Morgan fingerprint density at radius 1 is 1.07 bits per heavy atom. The molecular formula is C21H23FN4O4. The topological polar surface area (TPSA) is 95.3 Å². The van der Waals surface area contributed by atoms with Gasteiger partial charge in [-0.2, -0.15) is 0 Å². The molecule has 158 valence electrons. The van der Waals surface area contributed by atoms with Crippen LogP contribution in [0, 0.1) is 5.82 Å². The van der Waals surface area contributed by atoms with Crippen LogP contribution in [0.1, 0.15) is 39.3 Å². The molecule has 0 saturated heterocycles. The van der Waals surface area contributed by atoms with Crippen molar-refractivity contribution in [2.24, 2.45) is 0 Å². The van der Waals surface area contributed by atoms with Gasteiger partial charge in [0.25, 0.3) is 0 Å². The maximum Gasteiger partial charge on any atom is 0.336 e. The molecule has 0 amide bonds. The van der Waals surface area contributed by atoms with Gasteiger partial charge in [0.15, 0.2) is 0 Å². The summed E-state index contributed by atoms with van der Waals surface area (Å²) in [6, 6.07) is 6.10. The molecule has 0 aliphatic carbocycles. The molecule has 30 heavy (non-hydrogen) atoms. The molecule has 0 saturated carbocycles. The van der Waals surface area contributed by atoms with Gasteiger partial charge < -0.3 is 14.8 Å². The predicted molar refractivity (Wildman–Crippen MR) is 106 cm³/mol. The molecule has 1 aliphatic heterocycles. The van der Waals surface area contributed by atoms with Gasteiger partial charge in [-0.1, -0.05) is 17.3 Å². The highest BCUT2D eigenvalue weighted by Gasteiger charge is 2.39. The SMILES string of the molecule is CCOC(=O)C1=C(C)NC(C)=C(C(=O)OCC)C1c1cn(-c2ccccc2F)nn1. The Labute approximate surface area is 173 Å². The molecule has 9 heteroatoms. The second-order valence-electron chi connectivity index (χ2n) is 6.62. The van der Waals surface area contributed by atoms with Gasteiger partial charge in [0.1, 0.15) is 11.5 Å². The van der Waals surface area contributed by atoms with Crippen molar-refractivity contribution >= 4 is 11.9 Å². The summed E-state index contributed by atoms with van der Waals surface area (Å²) in [6.45, 7) is 7.16. The number of carbonyl (C=O) groups excluding carboxylic acids is 2. The van der Waals surface area contributed by atoms with Crippen LogP contribution in [-0.2, 0) is 19.1 Å². The molecule has 0 bridgehead atoms. The lowest BCUT2D eigenvalue weighted by molar-refractivity contribution is -0.139. The number of hydrogen-bond acceptors (Lipinski definition) is 7. The molecule has 0 unspecified atom stereocenters. The van der Waals surface area contributed by atoms with Gasteiger partial charge in [-0.15, -0.1) is 5.10 Å². The minimum Gasteiger partial charge on any atom is -0.463 e. The summed E-state index contributed by atoms with van der Waals surface area (Å²) in [5.74, 6) is -2.51. The highest BCUT2D eigenvalue weighted by atomic mass is 19.1. The number of aromatic nitrogens is 3. The quantitative estimate of drug-likeness (QED) is 0.726. The van der Waals surface area contributed by atoms with Crippen LogP contribution in [0.2, 0.25) is 0 Å². The lowest BCUT2D eigenvalue weighted by Crippen LogP contribution is -2.32. The monoisotopic (exact) mass is 414 g/mol. The molecule has 1 aliphatic rings. The number of dihydropyridines is 1. The highest BCUT2D eigenvalue weighted by molar-refractivity contribution is 5.99. The summed E-state index contributed by atoms with van der Waals surface area (Å²) in [4.78, 5) is 25.5. The molecule has 2 aromatic rings. The van der Waals surface area contributed by atoms with Crippen LogP contribution in [0.4, 0.5) is 4.39 Å².